The molecule has 176 valence electrons. The van der Waals surface area contributed by atoms with E-state index in [9.17, 15) is 17.6 Å². The largest absolute Gasteiger partial charge is 0.490 e. The maximum atomic E-state index is 14.5. The molecule has 12 heteroatoms. The molecule has 1 saturated carbocycles. The second-order valence-corrected chi connectivity index (χ2v) is 8.58. The van der Waals surface area contributed by atoms with Crippen LogP contribution >= 0.6 is 11.6 Å². The summed E-state index contributed by atoms with van der Waals surface area (Å²) in [6, 6.07) is 7.89. The minimum atomic E-state index is -4.91. The molecule has 0 spiro atoms. The Labute approximate surface area is 200 Å². The molecular weight excluding hydrogens is 486 g/mol. The number of aromatic nitrogens is 6. The molecule has 0 bridgehead atoms. The molecule has 5 aromatic rings. The highest BCUT2D eigenvalue weighted by Gasteiger charge is 2.41. The van der Waals surface area contributed by atoms with Crippen molar-refractivity contribution in [3.05, 3.63) is 71.7 Å². The van der Waals surface area contributed by atoms with Crippen molar-refractivity contribution in [2.75, 3.05) is 4.90 Å². The Bertz CT molecular complexity index is 1580. The predicted molar refractivity (Wildman–Crippen MR) is 121 cm³/mol. The molecule has 0 unspecified atom stereocenters. The van der Waals surface area contributed by atoms with Crippen molar-refractivity contribution in [2.45, 2.75) is 25.1 Å². The number of hydrogen-bond acceptors (Lipinski definition) is 6. The molecular formula is C23H14ClF4N7. The fraction of sp³-hybridized carbons (Fsp3) is 0.174. The molecule has 3 aromatic heterocycles. The Morgan fingerprint density at radius 1 is 1.06 bits per heavy atom. The first-order chi connectivity index (χ1) is 16.8. The standard InChI is InChI=1S/C23H14ClF4N7/c24-16-8-20-15(7-17(16)25)21(32-22-33-31-11-34(20)22)35(23(26,27)28)14-3-1-2-13(6-14)19-10-29-18(9-30-19)12-4-5-12/h1-3,6-12H,4-5H2. The molecule has 0 N–H and O–H groups in total. The van der Waals surface area contributed by atoms with Gasteiger partial charge in [0.05, 0.1) is 33.8 Å². The van der Waals surface area contributed by atoms with Gasteiger partial charge in [-0.1, -0.05) is 23.7 Å². The summed E-state index contributed by atoms with van der Waals surface area (Å²) in [5.41, 5.74) is 1.68. The summed E-state index contributed by atoms with van der Waals surface area (Å²) >= 11 is 5.92. The Morgan fingerprint density at radius 3 is 2.60 bits per heavy atom. The van der Waals surface area contributed by atoms with Crippen LogP contribution in [0.3, 0.4) is 0 Å². The van der Waals surface area contributed by atoms with Crippen LogP contribution in [-0.2, 0) is 0 Å². The summed E-state index contributed by atoms with van der Waals surface area (Å²) in [6.07, 6.45) is 1.69. The van der Waals surface area contributed by atoms with Gasteiger partial charge in [-0.25, -0.2) is 9.29 Å². The first-order valence-corrected chi connectivity index (χ1v) is 11.0. The molecule has 2 aromatic carbocycles. The zero-order chi connectivity index (χ0) is 24.3. The second kappa shape index (κ2) is 7.84. The minimum Gasteiger partial charge on any atom is -0.265 e. The van der Waals surface area contributed by atoms with Crippen LogP contribution in [0.15, 0.2) is 55.1 Å². The maximum Gasteiger partial charge on any atom is 0.490 e. The van der Waals surface area contributed by atoms with Gasteiger partial charge in [0.15, 0.2) is 5.82 Å². The van der Waals surface area contributed by atoms with E-state index >= 15 is 0 Å². The molecule has 6 rings (SSSR count). The first-order valence-electron chi connectivity index (χ1n) is 10.6. The Morgan fingerprint density at radius 2 is 1.89 bits per heavy atom. The summed E-state index contributed by atoms with van der Waals surface area (Å²) < 4.78 is 59.2. The summed E-state index contributed by atoms with van der Waals surface area (Å²) in [4.78, 5) is 12.9. The van der Waals surface area contributed by atoms with Crippen LogP contribution in [0, 0.1) is 5.82 Å². The molecule has 1 aliphatic rings. The minimum absolute atomic E-state index is 0.0762. The van der Waals surface area contributed by atoms with Gasteiger partial charge in [0, 0.05) is 23.1 Å². The lowest BCUT2D eigenvalue weighted by atomic mass is 10.1. The van der Waals surface area contributed by atoms with Crippen molar-refractivity contribution in [3.63, 3.8) is 0 Å². The van der Waals surface area contributed by atoms with Gasteiger partial charge < -0.3 is 0 Å². The van der Waals surface area contributed by atoms with Crippen molar-refractivity contribution in [1.82, 2.24) is 29.5 Å². The normalized spacial score (nSPS) is 14.1. The molecule has 7 nitrogen and oxygen atoms in total. The van der Waals surface area contributed by atoms with Crippen molar-refractivity contribution in [2.24, 2.45) is 0 Å². The fourth-order valence-corrected chi connectivity index (χ4v) is 4.14. The quantitative estimate of drug-likeness (QED) is 0.221. The van der Waals surface area contributed by atoms with Crippen LogP contribution in [0.25, 0.3) is 27.9 Å². The highest BCUT2D eigenvalue weighted by atomic mass is 35.5. The number of hydrogen-bond donors (Lipinski definition) is 0. The number of alkyl halides is 3. The molecule has 0 amide bonds. The molecule has 35 heavy (non-hydrogen) atoms. The predicted octanol–water partition coefficient (Wildman–Crippen LogP) is 6.06. The average Bonchev–Trinajstić information content (AvgIpc) is 3.57. The van der Waals surface area contributed by atoms with Gasteiger partial charge in [-0.05, 0) is 37.1 Å². The third kappa shape index (κ3) is 3.81. The van der Waals surface area contributed by atoms with E-state index in [1.807, 2.05) is 0 Å². The fourth-order valence-electron chi connectivity index (χ4n) is 3.99. The lowest BCUT2D eigenvalue weighted by molar-refractivity contribution is -0.121. The van der Waals surface area contributed by atoms with E-state index in [1.54, 1.807) is 18.5 Å². The number of nitrogens with zero attached hydrogens (tertiary/aromatic N) is 7. The van der Waals surface area contributed by atoms with Crippen LogP contribution < -0.4 is 4.90 Å². The number of benzene rings is 2. The third-order valence-corrected chi connectivity index (χ3v) is 6.10. The van der Waals surface area contributed by atoms with Gasteiger partial charge in [0.2, 0.25) is 0 Å². The average molecular weight is 500 g/mol. The van der Waals surface area contributed by atoms with Crippen LogP contribution in [0.2, 0.25) is 5.02 Å². The summed E-state index contributed by atoms with van der Waals surface area (Å²) in [6.45, 7) is 0. The number of halogens is 5. The van der Waals surface area contributed by atoms with Crippen LogP contribution in [0.4, 0.5) is 29.1 Å². The van der Waals surface area contributed by atoms with Gasteiger partial charge >= 0.3 is 6.30 Å². The van der Waals surface area contributed by atoms with E-state index in [1.165, 1.54) is 35.0 Å². The van der Waals surface area contributed by atoms with E-state index in [-0.39, 0.29) is 32.3 Å². The molecule has 0 atom stereocenters. The SMILES string of the molecule is Fc1cc2c(N(c3cccc(-c4cnc(C5CC5)cn4)c3)C(F)(F)F)nc3nncn3c2cc1Cl. The smallest absolute Gasteiger partial charge is 0.265 e. The first kappa shape index (κ1) is 21.7. The van der Waals surface area contributed by atoms with E-state index in [2.05, 4.69) is 25.1 Å². The molecule has 0 radical (unpaired) electrons. The van der Waals surface area contributed by atoms with Gasteiger partial charge in [0.25, 0.3) is 5.78 Å². The number of fused-ring (bicyclic) bond motifs is 3. The second-order valence-electron chi connectivity index (χ2n) is 8.17. The Kier molecular flexibility index (Phi) is 4.85. The lowest BCUT2D eigenvalue weighted by Crippen LogP contribution is -2.34. The summed E-state index contributed by atoms with van der Waals surface area (Å²) in [5, 5.41) is 7.13. The molecule has 0 saturated heterocycles. The third-order valence-electron chi connectivity index (χ3n) is 5.81. The Hall–Kier alpha value is -3.86. The molecule has 1 aliphatic carbocycles. The number of rotatable bonds is 4. The van der Waals surface area contributed by atoms with E-state index in [0.29, 0.717) is 17.2 Å². The van der Waals surface area contributed by atoms with Crippen molar-refractivity contribution in [1.29, 1.82) is 0 Å². The summed E-state index contributed by atoms with van der Waals surface area (Å²) in [5.74, 6) is -1.13. The molecule has 0 aliphatic heterocycles. The molecule has 3 heterocycles. The van der Waals surface area contributed by atoms with Crippen molar-refractivity contribution in [3.8, 4) is 11.3 Å². The van der Waals surface area contributed by atoms with E-state index in [4.69, 9.17) is 11.6 Å². The van der Waals surface area contributed by atoms with Crippen LogP contribution in [-0.4, -0.2) is 35.9 Å². The van der Waals surface area contributed by atoms with Crippen LogP contribution in [0.5, 0.6) is 0 Å². The summed E-state index contributed by atoms with van der Waals surface area (Å²) in [7, 11) is 0. The van der Waals surface area contributed by atoms with E-state index < -0.39 is 17.9 Å². The monoisotopic (exact) mass is 499 g/mol. The molecule has 1 fully saturated rings. The van der Waals surface area contributed by atoms with Crippen molar-refractivity contribution < 1.29 is 17.6 Å². The maximum absolute atomic E-state index is 14.5. The van der Waals surface area contributed by atoms with Crippen LogP contribution in [0.1, 0.15) is 24.5 Å². The van der Waals surface area contributed by atoms with E-state index in [0.717, 1.165) is 24.6 Å². The van der Waals surface area contributed by atoms with Gasteiger partial charge in [-0.2, -0.15) is 4.98 Å². The zero-order valence-corrected chi connectivity index (χ0v) is 18.5. The highest BCUT2D eigenvalue weighted by molar-refractivity contribution is 6.31. The van der Waals surface area contributed by atoms with Gasteiger partial charge in [0.1, 0.15) is 12.1 Å². The van der Waals surface area contributed by atoms with Gasteiger partial charge in [-0.15, -0.1) is 23.4 Å². The zero-order valence-electron chi connectivity index (χ0n) is 17.7. The number of anilines is 2. The lowest BCUT2D eigenvalue weighted by Gasteiger charge is -2.27. The highest BCUT2D eigenvalue weighted by Crippen LogP contribution is 2.42. The topological polar surface area (TPSA) is 72.1 Å². The van der Waals surface area contributed by atoms with Gasteiger partial charge in [-0.3, -0.25) is 14.4 Å². The van der Waals surface area contributed by atoms with Crippen molar-refractivity contribution >= 4 is 39.8 Å². The Balaban J connectivity index is 1.53.